The van der Waals surface area contributed by atoms with Crippen molar-refractivity contribution >= 4 is 98.2 Å². The van der Waals surface area contributed by atoms with E-state index >= 15 is 0 Å². The first kappa shape index (κ1) is 41.6. The fraction of sp³-hybridized carbons (Fsp3) is 0. The molecule has 0 radical (unpaired) electrons. The maximum absolute atomic E-state index is 11.7. The molecule has 0 aliphatic carbocycles. The first-order valence-electron chi connectivity index (χ1n) is 14.8. The molecule has 29 heteroatoms. The van der Waals surface area contributed by atoms with Crippen molar-refractivity contribution in [1.29, 1.82) is 0 Å². The Morgan fingerprint density at radius 3 is 1.37 bits per heavy atom. The van der Waals surface area contributed by atoms with E-state index in [1.165, 1.54) is 42.5 Å². The highest BCUT2D eigenvalue weighted by Gasteiger charge is 2.20. The first-order valence-corrected chi connectivity index (χ1v) is 20.5. The average molecular weight is 866 g/mol. The molecule has 0 aliphatic heterocycles. The summed E-state index contributed by atoms with van der Waals surface area (Å²) in [4.78, 5) is 19.9. The summed E-state index contributed by atoms with van der Waals surface area (Å²) in [6.07, 6.45) is 0. The van der Waals surface area contributed by atoms with Gasteiger partial charge in [0.1, 0.15) is 5.69 Å². The SMILES string of the molecule is NC(=O)Nc1cc(Nc2nc(O)nc(Nc3ccc(/N=N/c4cc(S(=O)(=O)O)cc(S(=O)(=O)O)c4)cc3)n2)ccc1/N=N/c1cc(S(=O)(=O)O)cc(S(=O)(=O)O)c1. The molecule has 0 unspecified atom stereocenters. The summed E-state index contributed by atoms with van der Waals surface area (Å²) in [5, 5.41) is 33.2. The van der Waals surface area contributed by atoms with Gasteiger partial charge in [0.05, 0.1) is 42.3 Å². The number of azo groups is 2. The molecule has 0 fully saturated rings. The van der Waals surface area contributed by atoms with Crippen molar-refractivity contribution in [3.63, 3.8) is 0 Å². The highest BCUT2D eigenvalue weighted by molar-refractivity contribution is 7.87. The predicted octanol–water partition coefficient (Wildman–Crippen LogP) is 4.37. The number of aromatic hydroxyl groups is 1. The Labute approximate surface area is 320 Å². The third kappa shape index (κ3) is 11.5. The van der Waals surface area contributed by atoms with E-state index < -0.39 is 77.8 Å². The van der Waals surface area contributed by atoms with E-state index in [9.17, 15) is 61.8 Å². The van der Waals surface area contributed by atoms with Gasteiger partial charge in [-0.2, -0.15) is 64.0 Å². The Morgan fingerprint density at radius 2 is 0.930 bits per heavy atom. The molecule has 5 aromatic rings. The van der Waals surface area contributed by atoms with Crippen LogP contribution >= 0.6 is 0 Å². The lowest BCUT2D eigenvalue weighted by atomic mass is 10.2. The van der Waals surface area contributed by atoms with Crippen molar-refractivity contribution in [2.24, 2.45) is 26.2 Å². The highest BCUT2D eigenvalue weighted by Crippen LogP contribution is 2.33. The number of anilines is 5. The molecule has 10 N–H and O–H groups in total. The van der Waals surface area contributed by atoms with Gasteiger partial charge in [0.2, 0.25) is 11.9 Å². The fourth-order valence-electron chi connectivity index (χ4n) is 4.33. The molecule has 0 bridgehead atoms. The van der Waals surface area contributed by atoms with Crippen LogP contribution in [0.15, 0.2) is 119 Å². The lowest BCUT2D eigenvalue weighted by molar-refractivity contribution is 0.259. The first-order chi connectivity index (χ1) is 26.4. The number of carbonyl (C=O) groups is 1. The monoisotopic (exact) mass is 865 g/mol. The van der Waals surface area contributed by atoms with E-state index in [4.69, 9.17) is 5.73 Å². The van der Waals surface area contributed by atoms with Crippen molar-refractivity contribution in [2.45, 2.75) is 19.6 Å². The van der Waals surface area contributed by atoms with E-state index in [1.807, 2.05) is 0 Å². The minimum absolute atomic E-state index is 0.101. The third-order valence-corrected chi connectivity index (χ3v) is 10.1. The Kier molecular flexibility index (Phi) is 11.6. The second-order valence-electron chi connectivity index (χ2n) is 10.9. The lowest BCUT2D eigenvalue weighted by Crippen LogP contribution is -2.19. The summed E-state index contributed by atoms with van der Waals surface area (Å²) in [7, 11) is -19.6. The van der Waals surface area contributed by atoms with Gasteiger partial charge in [-0.1, -0.05) is 0 Å². The van der Waals surface area contributed by atoms with Crippen LogP contribution in [0.4, 0.5) is 56.5 Å². The normalized spacial score (nSPS) is 12.5. The fourth-order valence-corrected chi connectivity index (χ4v) is 6.66. The molecule has 298 valence electrons. The van der Waals surface area contributed by atoms with Gasteiger partial charge in [0, 0.05) is 11.4 Å². The van der Waals surface area contributed by atoms with Crippen LogP contribution in [0.5, 0.6) is 6.01 Å². The minimum atomic E-state index is -4.94. The molecule has 5 rings (SSSR count). The molecule has 2 amide bonds. The third-order valence-electron chi connectivity index (χ3n) is 6.73. The number of amides is 2. The zero-order valence-corrected chi connectivity index (χ0v) is 31.0. The number of rotatable bonds is 13. The van der Waals surface area contributed by atoms with Crippen LogP contribution in [0.1, 0.15) is 0 Å². The number of hydrogen-bond donors (Lipinski definition) is 9. The summed E-state index contributed by atoms with van der Waals surface area (Å²) < 4.78 is 130. The average Bonchev–Trinajstić information content (AvgIpc) is 3.09. The smallest absolute Gasteiger partial charge is 0.320 e. The number of hydrogen-bond acceptors (Lipinski definition) is 19. The zero-order valence-electron chi connectivity index (χ0n) is 27.8. The van der Waals surface area contributed by atoms with Crippen LogP contribution in [0.2, 0.25) is 0 Å². The molecule has 0 saturated carbocycles. The molecule has 0 spiro atoms. The van der Waals surface area contributed by atoms with Crippen molar-refractivity contribution in [2.75, 3.05) is 16.0 Å². The summed E-state index contributed by atoms with van der Waals surface area (Å²) in [5.74, 6) is -0.414. The molecule has 57 heavy (non-hydrogen) atoms. The zero-order chi connectivity index (χ0) is 41.9. The van der Waals surface area contributed by atoms with Gasteiger partial charge in [0.25, 0.3) is 40.5 Å². The van der Waals surface area contributed by atoms with Crippen LogP contribution in [-0.2, 0) is 40.5 Å². The van der Waals surface area contributed by atoms with Gasteiger partial charge in [0.15, 0.2) is 0 Å². The maximum Gasteiger partial charge on any atom is 0.320 e. The number of urea groups is 1. The standard InChI is InChI=1S/C28H23N11O14S4/c29-25(40)32-24-11-16(5-6-23(24)39-38-18-9-21(56(48,49)50)13-22(10-18)57(51,52)53)31-27-33-26(34-28(41)35-27)30-14-1-3-15(4-2-14)36-37-17-7-19(54(42,43)44)12-20(8-17)55(45,46)47/h1-13H,(H3,29,32,40)(H,42,43,44)(H,45,46,47)(H,48,49,50)(H,51,52,53)(H3,30,31,33,34,35,41)/b37-36+,39-38+. The number of nitrogens with two attached hydrogens (primary N) is 1. The van der Waals surface area contributed by atoms with Crippen LogP contribution < -0.4 is 21.7 Å². The number of nitrogens with zero attached hydrogens (tertiary/aromatic N) is 7. The molecule has 0 saturated heterocycles. The van der Waals surface area contributed by atoms with Crippen molar-refractivity contribution in [3.8, 4) is 6.01 Å². The Hall–Kier alpha value is -6.60. The molecule has 1 aromatic heterocycles. The number of nitrogens with one attached hydrogen (secondary N) is 3. The van der Waals surface area contributed by atoms with Crippen molar-refractivity contribution in [3.05, 3.63) is 78.9 Å². The Morgan fingerprint density at radius 1 is 0.526 bits per heavy atom. The van der Waals surface area contributed by atoms with E-state index in [2.05, 4.69) is 51.4 Å². The maximum atomic E-state index is 11.7. The van der Waals surface area contributed by atoms with Gasteiger partial charge in [-0.25, -0.2) is 4.79 Å². The van der Waals surface area contributed by atoms with Crippen LogP contribution in [0.3, 0.4) is 0 Å². The van der Waals surface area contributed by atoms with E-state index in [0.29, 0.717) is 17.8 Å². The van der Waals surface area contributed by atoms with E-state index in [-0.39, 0.29) is 40.3 Å². The molecule has 0 atom stereocenters. The summed E-state index contributed by atoms with van der Waals surface area (Å²) >= 11 is 0. The molecule has 0 aliphatic rings. The van der Waals surface area contributed by atoms with Gasteiger partial charge in [-0.15, -0.1) is 5.11 Å². The number of aromatic nitrogens is 3. The molecule has 25 nitrogen and oxygen atoms in total. The quantitative estimate of drug-likeness (QED) is 0.0585. The summed E-state index contributed by atoms with van der Waals surface area (Å²) in [6, 6.07) is 12.0. The lowest BCUT2D eigenvalue weighted by Gasteiger charge is -2.11. The van der Waals surface area contributed by atoms with Gasteiger partial charge in [-0.3, -0.25) is 18.2 Å². The Balaban J connectivity index is 1.35. The van der Waals surface area contributed by atoms with Gasteiger partial charge >= 0.3 is 12.0 Å². The number of primary amides is 1. The van der Waals surface area contributed by atoms with Crippen molar-refractivity contribution < 1.29 is 61.8 Å². The largest absolute Gasteiger partial charge is 0.479 e. The predicted molar refractivity (Wildman–Crippen MR) is 195 cm³/mol. The Bertz CT molecular complexity index is 2830. The molecule has 4 aromatic carbocycles. The number of benzene rings is 4. The summed E-state index contributed by atoms with van der Waals surface area (Å²) in [5.41, 5.74) is 4.96. The van der Waals surface area contributed by atoms with E-state index in [1.54, 1.807) is 0 Å². The van der Waals surface area contributed by atoms with Crippen molar-refractivity contribution in [1.82, 2.24) is 15.0 Å². The topological polar surface area (TPSA) is 405 Å². The second kappa shape index (κ2) is 15.9. The highest BCUT2D eigenvalue weighted by atomic mass is 32.2. The van der Waals surface area contributed by atoms with E-state index in [0.717, 1.165) is 24.3 Å². The van der Waals surface area contributed by atoms with Crippen LogP contribution in [0, 0.1) is 0 Å². The van der Waals surface area contributed by atoms with Gasteiger partial charge < -0.3 is 26.8 Å². The van der Waals surface area contributed by atoms with Crippen LogP contribution in [-0.4, -0.2) is 78.0 Å². The molecular formula is C28H23N11O14S4. The summed E-state index contributed by atoms with van der Waals surface area (Å²) in [6.45, 7) is 0. The van der Waals surface area contributed by atoms with Gasteiger partial charge in [-0.05, 0) is 78.9 Å². The van der Waals surface area contributed by atoms with Crippen LogP contribution in [0.25, 0.3) is 0 Å². The molecular weight excluding hydrogens is 843 g/mol. The second-order valence-corrected chi connectivity index (χ2v) is 16.6. The number of carbonyl (C=O) groups excluding carboxylic acids is 1. The molecule has 1 heterocycles. The minimum Gasteiger partial charge on any atom is -0.479 e.